The van der Waals surface area contributed by atoms with E-state index in [0.717, 1.165) is 0 Å². The van der Waals surface area contributed by atoms with Gasteiger partial charge in [-0.3, -0.25) is 0 Å². The van der Waals surface area contributed by atoms with E-state index in [4.69, 9.17) is 5.11 Å². The predicted octanol–water partition coefficient (Wildman–Crippen LogP) is 2.70. The summed E-state index contributed by atoms with van der Waals surface area (Å²) in [7, 11) is 0. The quantitative estimate of drug-likeness (QED) is 0.802. The zero-order valence-corrected chi connectivity index (χ0v) is 11.5. The lowest BCUT2D eigenvalue weighted by molar-refractivity contribution is -0.0509. The van der Waals surface area contributed by atoms with Crippen molar-refractivity contribution in [2.24, 2.45) is 5.92 Å². The molecule has 0 aliphatic rings. The van der Waals surface area contributed by atoms with Crippen LogP contribution in [0.3, 0.4) is 0 Å². The van der Waals surface area contributed by atoms with Crippen molar-refractivity contribution < 1.29 is 18.6 Å². The first-order valence-corrected chi connectivity index (χ1v) is 6.33. The molecule has 2 unspecified atom stereocenters. The number of rotatable bonds is 7. The number of benzene rings is 1. The van der Waals surface area contributed by atoms with Gasteiger partial charge in [-0.2, -0.15) is 8.78 Å². The van der Waals surface area contributed by atoms with Crippen LogP contribution in [0, 0.1) is 12.8 Å². The molecule has 0 aliphatic heterocycles. The molecular weight excluding hydrogens is 252 g/mol. The Morgan fingerprint density at radius 3 is 2.58 bits per heavy atom. The largest absolute Gasteiger partial charge is 0.434 e. The number of alkyl halides is 2. The van der Waals surface area contributed by atoms with Gasteiger partial charge in [-0.1, -0.05) is 25.1 Å². The van der Waals surface area contributed by atoms with Gasteiger partial charge in [0, 0.05) is 24.8 Å². The number of nitrogens with one attached hydrogen (secondary N) is 1. The number of hydrogen-bond acceptors (Lipinski definition) is 3. The van der Waals surface area contributed by atoms with Crippen molar-refractivity contribution in [3.8, 4) is 5.75 Å². The minimum atomic E-state index is -2.83. The molecule has 0 radical (unpaired) electrons. The molecule has 1 aromatic carbocycles. The highest BCUT2D eigenvalue weighted by molar-refractivity contribution is 5.40. The van der Waals surface area contributed by atoms with Crippen LogP contribution in [0.15, 0.2) is 18.2 Å². The maximum absolute atomic E-state index is 12.4. The van der Waals surface area contributed by atoms with Gasteiger partial charge in [-0.25, -0.2) is 0 Å². The molecule has 0 aromatic heterocycles. The fourth-order valence-corrected chi connectivity index (χ4v) is 1.74. The van der Waals surface area contributed by atoms with E-state index in [9.17, 15) is 8.78 Å². The Kier molecular flexibility index (Phi) is 6.18. The predicted molar refractivity (Wildman–Crippen MR) is 70.4 cm³/mol. The van der Waals surface area contributed by atoms with Gasteiger partial charge >= 0.3 is 6.61 Å². The van der Waals surface area contributed by atoms with Gasteiger partial charge in [-0.05, 0) is 25.3 Å². The Balaban J connectivity index is 2.75. The Hall–Kier alpha value is -1.20. The standard InChI is InChI=1S/C14H21F2NO2/c1-9-5-4-6-12(13(9)19-14(15)16)7-17-11(3)10(2)8-18/h4-6,10-11,14,17-18H,7-8H2,1-3H3. The molecule has 19 heavy (non-hydrogen) atoms. The van der Waals surface area contributed by atoms with E-state index in [1.54, 1.807) is 19.1 Å². The van der Waals surface area contributed by atoms with E-state index < -0.39 is 6.61 Å². The second-order valence-corrected chi connectivity index (χ2v) is 4.77. The first-order chi connectivity index (χ1) is 8.95. The summed E-state index contributed by atoms with van der Waals surface area (Å²) in [5.41, 5.74) is 1.37. The molecule has 5 heteroatoms. The average Bonchev–Trinajstić information content (AvgIpc) is 2.37. The van der Waals surface area contributed by atoms with Crippen molar-refractivity contribution in [3.05, 3.63) is 29.3 Å². The van der Waals surface area contributed by atoms with Gasteiger partial charge in [0.1, 0.15) is 5.75 Å². The van der Waals surface area contributed by atoms with Gasteiger partial charge in [-0.15, -0.1) is 0 Å². The highest BCUT2D eigenvalue weighted by Gasteiger charge is 2.14. The molecule has 0 saturated heterocycles. The number of aliphatic hydroxyl groups excluding tert-OH is 1. The van der Waals surface area contributed by atoms with Crippen LogP contribution in [0.25, 0.3) is 0 Å². The molecule has 0 saturated carbocycles. The van der Waals surface area contributed by atoms with E-state index in [1.807, 2.05) is 19.9 Å². The van der Waals surface area contributed by atoms with Gasteiger partial charge in [0.25, 0.3) is 0 Å². The lowest BCUT2D eigenvalue weighted by Gasteiger charge is -2.20. The molecule has 0 amide bonds. The summed E-state index contributed by atoms with van der Waals surface area (Å²) in [6.07, 6.45) is 0. The Bertz CT molecular complexity index is 399. The van der Waals surface area contributed by atoms with Crippen LogP contribution in [-0.2, 0) is 6.54 Å². The van der Waals surface area contributed by atoms with Crippen molar-refractivity contribution in [3.63, 3.8) is 0 Å². The molecule has 108 valence electrons. The molecule has 3 nitrogen and oxygen atoms in total. The molecule has 2 atom stereocenters. The lowest BCUT2D eigenvalue weighted by Crippen LogP contribution is -2.33. The molecule has 0 aliphatic carbocycles. The topological polar surface area (TPSA) is 41.5 Å². The zero-order valence-electron chi connectivity index (χ0n) is 11.5. The minimum absolute atomic E-state index is 0.0857. The number of halogens is 2. The van der Waals surface area contributed by atoms with Crippen molar-refractivity contribution in [2.45, 2.75) is 40.0 Å². The van der Waals surface area contributed by atoms with Crippen molar-refractivity contribution in [1.82, 2.24) is 5.32 Å². The zero-order chi connectivity index (χ0) is 14.4. The summed E-state index contributed by atoms with van der Waals surface area (Å²) in [6.45, 7) is 3.29. The highest BCUT2D eigenvalue weighted by atomic mass is 19.3. The summed E-state index contributed by atoms with van der Waals surface area (Å²) in [6, 6.07) is 5.39. The highest BCUT2D eigenvalue weighted by Crippen LogP contribution is 2.25. The summed E-state index contributed by atoms with van der Waals surface area (Å²) >= 11 is 0. The smallest absolute Gasteiger partial charge is 0.387 e. The summed E-state index contributed by atoms with van der Waals surface area (Å²) in [5.74, 6) is 0.332. The van der Waals surface area contributed by atoms with E-state index in [0.29, 0.717) is 17.7 Å². The third-order valence-electron chi connectivity index (χ3n) is 3.26. The summed E-state index contributed by atoms with van der Waals surface area (Å²) in [5, 5.41) is 12.3. The lowest BCUT2D eigenvalue weighted by atomic mass is 10.0. The van der Waals surface area contributed by atoms with Crippen molar-refractivity contribution in [1.29, 1.82) is 0 Å². The van der Waals surface area contributed by atoms with Crippen LogP contribution in [0.1, 0.15) is 25.0 Å². The number of aliphatic hydroxyl groups is 1. The second-order valence-electron chi connectivity index (χ2n) is 4.77. The normalized spacial score (nSPS) is 14.5. The van der Waals surface area contributed by atoms with Crippen LogP contribution in [-0.4, -0.2) is 24.4 Å². The Morgan fingerprint density at radius 1 is 1.32 bits per heavy atom. The van der Waals surface area contributed by atoms with Crippen LogP contribution in [0.5, 0.6) is 5.75 Å². The van der Waals surface area contributed by atoms with E-state index in [-0.39, 0.29) is 24.3 Å². The van der Waals surface area contributed by atoms with E-state index >= 15 is 0 Å². The fraction of sp³-hybridized carbons (Fsp3) is 0.571. The number of ether oxygens (including phenoxy) is 1. The molecule has 0 bridgehead atoms. The van der Waals surface area contributed by atoms with Crippen LogP contribution < -0.4 is 10.1 Å². The molecule has 1 rings (SSSR count). The Morgan fingerprint density at radius 2 is 2.00 bits per heavy atom. The second kappa shape index (κ2) is 7.40. The molecule has 2 N–H and O–H groups in total. The molecule has 0 heterocycles. The fourth-order valence-electron chi connectivity index (χ4n) is 1.74. The molecule has 0 spiro atoms. The van der Waals surface area contributed by atoms with E-state index in [2.05, 4.69) is 10.1 Å². The summed E-state index contributed by atoms with van der Waals surface area (Å²) in [4.78, 5) is 0. The van der Waals surface area contributed by atoms with Gasteiger partial charge in [0.05, 0.1) is 0 Å². The van der Waals surface area contributed by atoms with Gasteiger partial charge < -0.3 is 15.2 Å². The van der Waals surface area contributed by atoms with E-state index in [1.165, 1.54) is 0 Å². The Labute approximate surface area is 112 Å². The maximum Gasteiger partial charge on any atom is 0.387 e. The average molecular weight is 273 g/mol. The van der Waals surface area contributed by atoms with Crippen molar-refractivity contribution >= 4 is 0 Å². The summed E-state index contributed by atoms with van der Waals surface area (Å²) < 4.78 is 29.3. The van der Waals surface area contributed by atoms with Crippen LogP contribution >= 0.6 is 0 Å². The van der Waals surface area contributed by atoms with Gasteiger partial charge in [0.15, 0.2) is 0 Å². The number of para-hydroxylation sites is 1. The minimum Gasteiger partial charge on any atom is -0.434 e. The van der Waals surface area contributed by atoms with Crippen LogP contribution in [0.4, 0.5) is 8.78 Å². The molecule has 0 fully saturated rings. The molecule has 1 aromatic rings. The van der Waals surface area contributed by atoms with Crippen LogP contribution in [0.2, 0.25) is 0 Å². The number of aryl methyl sites for hydroxylation is 1. The van der Waals surface area contributed by atoms with Gasteiger partial charge in [0.2, 0.25) is 0 Å². The monoisotopic (exact) mass is 273 g/mol. The third kappa shape index (κ3) is 4.76. The maximum atomic E-state index is 12.4. The number of hydrogen-bond donors (Lipinski definition) is 2. The SMILES string of the molecule is Cc1cccc(CNC(C)C(C)CO)c1OC(F)F. The third-order valence-corrected chi connectivity index (χ3v) is 3.26. The molecular formula is C14H21F2NO2. The first-order valence-electron chi connectivity index (χ1n) is 6.33. The van der Waals surface area contributed by atoms with Crippen molar-refractivity contribution in [2.75, 3.05) is 6.61 Å². The first kappa shape index (κ1) is 15.9.